The highest BCUT2D eigenvalue weighted by atomic mass is 35.5. The molecule has 0 saturated heterocycles. The number of halogens is 2. The van der Waals surface area contributed by atoms with Crippen LogP contribution in [-0.4, -0.2) is 65.7 Å². The molecule has 0 saturated carbocycles. The second-order valence-electron chi connectivity index (χ2n) is 3.24. The van der Waals surface area contributed by atoms with Gasteiger partial charge in [-0.1, -0.05) is 23.2 Å². The van der Waals surface area contributed by atoms with Crippen LogP contribution in [0.1, 0.15) is 6.92 Å². The van der Waals surface area contributed by atoms with E-state index in [0.29, 0.717) is 0 Å². The van der Waals surface area contributed by atoms with Gasteiger partial charge in [-0.15, -0.1) is 0 Å². The van der Waals surface area contributed by atoms with Crippen LogP contribution in [0.15, 0.2) is 0 Å². The Balaban J connectivity index is 4.51. The molecular weight excluding hydrogens is 251 g/mol. The molecule has 0 heterocycles. The molecule has 15 heavy (non-hydrogen) atoms. The van der Waals surface area contributed by atoms with Crippen LogP contribution < -0.4 is 0 Å². The zero-order valence-corrected chi connectivity index (χ0v) is 9.34. The second-order valence-corrected chi connectivity index (χ2v) is 4.59. The van der Waals surface area contributed by atoms with E-state index in [-0.39, 0.29) is 0 Å². The summed E-state index contributed by atoms with van der Waals surface area (Å²) in [6.07, 6.45) is -9.03. The second kappa shape index (κ2) is 5.60. The van der Waals surface area contributed by atoms with Gasteiger partial charge in [0.05, 0.1) is 6.10 Å². The summed E-state index contributed by atoms with van der Waals surface area (Å²) in [5.74, 6) is 0. The molecule has 0 rings (SSSR count). The molecule has 1 unspecified atom stereocenters. The average Bonchev–Trinajstić information content (AvgIpc) is 2.11. The summed E-state index contributed by atoms with van der Waals surface area (Å²) in [6, 6.07) is 0. The van der Waals surface area contributed by atoms with Gasteiger partial charge in [0.25, 0.3) is 0 Å². The van der Waals surface area contributed by atoms with Gasteiger partial charge >= 0.3 is 0 Å². The average molecular weight is 265 g/mol. The van der Waals surface area contributed by atoms with Gasteiger partial charge in [0, 0.05) is 0 Å². The van der Waals surface area contributed by atoms with E-state index in [1.165, 1.54) is 6.92 Å². The van der Waals surface area contributed by atoms with Gasteiger partial charge in [-0.05, 0) is 6.92 Å². The predicted octanol–water partition coefficient (Wildman–Crippen LogP) is -2.07. The molecule has 0 aromatic rings. The van der Waals surface area contributed by atoms with Crippen LogP contribution in [0.25, 0.3) is 0 Å². The Morgan fingerprint density at radius 3 is 1.53 bits per heavy atom. The molecule has 6 nitrogen and oxygen atoms in total. The van der Waals surface area contributed by atoms with Crippen molar-refractivity contribution in [1.82, 2.24) is 0 Å². The first kappa shape index (κ1) is 15.3. The van der Waals surface area contributed by atoms with Crippen LogP contribution in [0.2, 0.25) is 0 Å². The molecule has 0 aliphatic carbocycles. The normalized spacial score (nSPS) is 23.0. The molecule has 8 heteroatoms. The molecular formula is C7H14Cl2O6. The van der Waals surface area contributed by atoms with E-state index in [9.17, 15) is 10.2 Å². The number of hydrogen-bond acceptors (Lipinski definition) is 6. The van der Waals surface area contributed by atoms with Crippen LogP contribution in [0.4, 0.5) is 0 Å². The molecule has 92 valence electrons. The molecule has 0 bridgehead atoms. The third-order valence-corrected chi connectivity index (χ3v) is 2.32. The van der Waals surface area contributed by atoms with Crippen molar-refractivity contribution in [2.45, 2.75) is 42.0 Å². The fraction of sp³-hybridized carbons (Fsp3) is 1.00. The summed E-state index contributed by atoms with van der Waals surface area (Å²) >= 11 is 10.1. The summed E-state index contributed by atoms with van der Waals surface area (Å²) in [6.45, 7) is 1.17. The number of alkyl halides is 2. The van der Waals surface area contributed by atoms with E-state index in [1.54, 1.807) is 0 Å². The van der Waals surface area contributed by atoms with Gasteiger partial charge in [0.1, 0.15) is 24.4 Å². The Labute approximate surface area is 96.3 Å². The smallest absolute Gasteiger partial charge is 0.244 e. The van der Waals surface area contributed by atoms with Gasteiger partial charge in [0.2, 0.25) is 4.52 Å². The van der Waals surface area contributed by atoms with Crippen LogP contribution in [-0.2, 0) is 0 Å². The third kappa shape index (κ3) is 4.38. The Bertz CT molecular complexity index is 194. The zero-order chi connectivity index (χ0) is 12.4. The largest absolute Gasteiger partial charge is 0.391 e. The quantitative estimate of drug-likeness (QED) is 0.318. The number of aliphatic hydroxyl groups excluding tert-OH is 5. The summed E-state index contributed by atoms with van der Waals surface area (Å²) in [5, 5.41) is 54.5. The molecule has 0 aromatic carbocycles. The predicted molar refractivity (Wildman–Crippen MR) is 52.4 cm³/mol. The summed E-state index contributed by atoms with van der Waals surface area (Å²) in [5.41, 5.74) is 0. The molecule has 0 aromatic heterocycles. The minimum Gasteiger partial charge on any atom is -0.391 e. The van der Waals surface area contributed by atoms with E-state index in [2.05, 4.69) is 0 Å². The van der Waals surface area contributed by atoms with E-state index in [1.807, 2.05) is 0 Å². The summed E-state index contributed by atoms with van der Waals surface area (Å²) in [7, 11) is 0. The Morgan fingerprint density at radius 1 is 0.867 bits per heavy atom. The van der Waals surface area contributed by atoms with Gasteiger partial charge in [-0.3, -0.25) is 0 Å². The van der Waals surface area contributed by atoms with E-state index >= 15 is 0 Å². The lowest BCUT2D eigenvalue weighted by Gasteiger charge is -2.30. The zero-order valence-electron chi connectivity index (χ0n) is 7.83. The maximum Gasteiger partial charge on any atom is 0.244 e. The van der Waals surface area contributed by atoms with Gasteiger partial charge in [-0.25, -0.2) is 0 Å². The molecule has 0 spiro atoms. The van der Waals surface area contributed by atoms with E-state index in [4.69, 9.17) is 43.6 Å². The molecule has 6 N–H and O–H groups in total. The maximum atomic E-state index is 9.24. The number of rotatable bonds is 5. The molecule has 0 fully saturated rings. The summed E-state index contributed by atoms with van der Waals surface area (Å²) in [4.78, 5) is 0. The first-order valence-corrected chi connectivity index (χ1v) is 4.85. The molecule has 0 amide bonds. The Hall–Kier alpha value is 0.340. The van der Waals surface area contributed by atoms with Crippen molar-refractivity contribution in [3.8, 4) is 0 Å². The van der Waals surface area contributed by atoms with Crippen LogP contribution in [0.3, 0.4) is 0 Å². The lowest BCUT2D eigenvalue weighted by Crippen LogP contribution is -2.53. The van der Waals surface area contributed by atoms with Crippen molar-refractivity contribution in [2.75, 3.05) is 0 Å². The Morgan fingerprint density at radius 2 is 1.27 bits per heavy atom. The van der Waals surface area contributed by atoms with E-state index in [0.717, 1.165) is 0 Å². The number of aliphatic hydroxyl groups is 6. The van der Waals surface area contributed by atoms with Crippen LogP contribution >= 0.6 is 23.2 Å². The standard InChI is InChI=1S/C7H14Cl2O6/c1-2(10)3(11)4(12)5(13)6(14)7(8,9)15/h2-6,10-15H,1H3/t2?,3-,4+,5-,6-/m0/s1. The lowest BCUT2D eigenvalue weighted by molar-refractivity contribution is -0.146. The lowest BCUT2D eigenvalue weighted by atomic mass is 10.00. The minimum absolute atomic E-state index is 1.17. The highest BCUT2D eigenvalue weighted by molar-refractivity contribution is 6.47. The topological polar surface area (TPSA) is 121 Å². The van der Waals surface area contributed by atoms with Crippen LogP contribution in [0, 0.1) is 0 Å². The molecule has 0 aliphatic heterocycles. The number of hydrogen-bond donors (Lipinski definition) is 6. The molecule has 5 atom stereocenters. The monoisotopic (exact) mass is 264 g/mol. The molecule has 0 aliphatic rings. The van der Waals surface area contributed by atoms with Crippen LogP contribution in [0.5, 0.6) is 0 Å². The van der Waals surface area contributed by atoms with Crippen molar-refractivity contribution < 1.29 is 30.6 Å². The highest BCUT2D eigenvalue weighted by Crippen LogP contribution is 2.25. The third-order valence-electron chi connectivity index (χ3n) is 1.87. The van der Waals surface area contributed by atoms with Crippen molar-refractivity contribution in [3.05, 3.63) is 0 Å². The van der Waals surface area contributed by atoms with Gasteiger partial charge in [0.15, 0.2) is 0 Å². The molecule has 0 radical (unpaired) electrons. The van der Waals surface area contributed by atoms with Crippen molar-refractivity contribution in [3.63, 3.8) is 0 Å². The van der Waals surface area contributed by atoms with Crippen molar-refractivity contribution in [2.24, 2.45) is 0 Å². The SMILES string of the molecule is CC(O)[C@H](O)[C@@H](O)[C@H](O)[C@H](O)C(O)(Cl)Cl. The van der Waals surface area contributed by atoms with Crippen molar-refractivity contribution in [1.29, 1.82) is 0 Å². The maximum absolute atomic E-state index is 9.24. The Kier molecular flexibility index (Phi) is 5.73. The minimum atomic E-state index is -2.67. The first-order chi connectivity index (χ1) is 6.59. The fourth-order valence-electron chi connectivity index (χ4n) is 0.880. The highest BCUT2D eigenvalue weighted by Gasteiger charge is 2.42. The van der Waals surface area contributed by atoms with Crippen molar-refractivity contribution >= 4 is 23.2 Å². The first-order valence-electron chi connectivity index (χ1n) is 4.09. The fourth-order valence-corrected chi connectivity index (χ4v) is 1.14. The summed E-state index contributed by atoms with van der Waals surface area (Å²) < 4.78 is -2.67. The van der Waals surface area contributed by atoms with E-state index < -0.39 is 35.0 Å². The van der Waals surface area contributed by atoms with Gasteiger partial charge in [-0.2, -0.15) is 0 Å². The van der Waals surface area contributed by atoms with Gasteiger partial charge < -0.3 is 30.6 Å².